The molecule has 7 heteroatoms. The van der Waals surface area contributed by atoms with E-state index < -0.39 is 5.91 Å². The number of primary amides is 1. The Balaban J connectivity index is 1.81. The summed E-state index contributed by atoms with van der Waals surface area (Å²) < 4.78 is 11.4. The smallest absolute Gasteiger partial charge is 0.252 e. The molecule has 6 nitrogen and oxygen atoms in total. The Bertz CT molecular complexity index is 653. The second-order valence-electron chi connectivity index (χ2n) is 6.80. The molecule has 2 unspecified atom stereocenters. The number of nitrogens with zero attached hydrogens (tertiary/aromatic N) is 1. The third-order valence-electron chi connectivity index (χ3n) is 5.20. The second kappa shape index (κ2) is 7.81. The number of halogens is 1. The van der Waals surface area contributed by atoms with E-state index in [-0.39, 0.29) is 6.10 Å². The van der Waals surface area contributed by atoms with Gasteiger partial charge in [-0.05, 0) is 31.9 Å². The predicted molar refractivity (Wildman–Crippen MR) is 98.2 cm³/mol. The number of carbonyl (C=O) groups is 1. The number of nitrogens with two attached hydrogens (primary N) is 2. The number of hydrogen-bond acceptors (Lipinski definition) is 5. The van der Waals surface area contributed by atoms with Crippen LogP contribution >= 0.6 is 11.6 Å². The molecule has 3 rings (SSSR count). The lowest BCUT2D eigenvalue weighted by atomic mass is 9.93. The van der Waals surface area contributed by atoms with E-state index in [2.05, 4.69) is 4.90 Å². The third kappa shape index (κ3) is 3.71. The van der Waals surface area contributed by atoms with Crippen molar-refractivity contribution in [1.29, 1.82) is 0 Å². The molecular formula is C18H26ClN3O3. The van der Waals surface area contributed by atoms with Gasteiger partial charge in [-0.3, -0.25) is 9.69 Å². The summed E-state index contributed by atoms with van der Waals surface area (Å²) in [5.74, 6) is -0.0267. The first kappa shape index (κ1) is 18.3. The average molecular weight is 368 g/mol. The molecule has 25 heavy (non-hydrogen) atoms. The van der Waals surface area contributed by atoms with Crippen LogP contribution in [-0.2, 0) is 11.2 Å². The summed E-state index contributed by atoms with van der Waals surface area (Å²) in [6.07, 6.45) is 5.08. The molecule has 2 aliphatic heterocycles. The summed E-state index contributed by atoms with van der Waals surface area (Å²) in [6.45, 7) is 2.79. The van der Waals surface area contributed by atoms with Crippen molar-refractivity contribution < 1.29 is 14.3 Å². The third-order valence-corrected chi connectivity index (χ3v) is 5.51. The number of benzene rings is 1. The fraction of sp³-hybridized carbons (Fsp3) is 0.611. The molecule has 0 radical (unpaired) electrons. The number of methoxy groups -OCH3 is 1. The van der Waals surface area contributed by atoms with E-state index in [0.29, 0.717) is 34.5 Å². The van der Waals surface area contributed by atoms with Gasteiger partial charge in [-0.1, -0.05) is 18.0 Å². The first-order valence-corrected chi connectivity index (χ1v) is 9.21. The van der Waals surface area contributed by atoms with E-state index in [4.69, 9.17) is 32.5 Å². The number of likely N-dealkylation sites (tertiary alicyclic amines) is 1. The maximum atomic E-state index is 11.8. The first-order valence-electron chi connectivity index (χ1n) is 8.83. The van der Waals surface area contributed by atoms with Gasteiger partial charge in [0.25, 0.3) is 5.91 Å². The van der Waals surface area contributed by atoms with Crippen molar-refractivity contribution in [3.8, 4) is 5.75 Å². The topological polar surface area (TPSA) is 90.8 Å². The number of piperidine rings is 1. The van der Waals surface area contributed by atoms with E-state index in [0.717, 1.165) is 38.1 Å². The molecule has 1 amide bonds. The van der Waals surface area contributed by atoms with Crippen LogP contribution in [0.2, 0.25) is 5.02 Å². The molecular weight excluding hydrogens is 342 g/mol. The van der Waals surface area contributed by atoms with Crippen molar-refractivity contribution in [2.24, 2.45) is 5.73 Å². The lowest BCUT2D eigenvalue weighted by Gasteiger charge is -2.38. The average Bonchev–Trinajstić information content (AvgIpc) is 3.04. The number of nitrogen functional groups attached to an aromatic ring is 1. The fourth-order valence-corrected chi connectivity index (χ4v) is 4.18. The van der Waals surface area contributed by atoms with Crippen LogP contribution in [0.15, 0.2) is 6.07 Å². The van der Waals surface area contributed by atoms with E-state index in [1.54, 1.807) is 7.11 Å². The highest BCUT2D eigenvalue weighted by molar-refractivity contribution is 6.33. The molecule has 0 aliphatic carbocycles. The molecule has 1 aromatic rings. The van der Waals surface area contributed by atoms with Gasteiger partial charge in [-0.2, -0.15) is 0 Å². The summed E-state index contributed by atoms with van der Waals surface area (Å²) in [6, 6.07) is 1.81. The van der Waals surface area contributed by atoms with Gasteiger partial charge in [0.2, 0.25) is 0 Å². The first-order chi connectivity index (χ1) is 12.0. The van der Waals surface area contributed by atoms with Crippen molar-refractivity contribution >= 4 is 23.2 Å². The zero-order chi connectivity index (χ0) is 18.0. The minimum Gasteiger partial charge on any atom is -0.487 e. The normalized spacial score (nSPS) is 23.3. The lowest BCUT2D eigenvalue weighted by molar-refractivity contribution is 0.0458. The van der Waals surface area contributed by atoms with Crippen molar-refractivity contribution in [3.05, 3.63) is 22.2 Å². The molecule has 4 N–H and O–H groups in total. The zero-order valence-corrected chi connectivity index (χ0v) is 15.3. The molecule has 1 fully saturated rings. The van der Waals surface area contributed by atoms with Gasteiger partial charge in [0.05, 0.1) is 16.3 Å². The molecule has 1 aromatic carbocycles. The maximum Gasteiger partial charge on any atom is 0.252 e. The molecule has 138 valence electrons. The predicted octanol–water partition coefficient (Wildman–Crippen LogP) is 2.22. The Morgan fingerprint density at radius 3 is 3.00 bits per heavy atom. The Morgan fingerprint density at radius 1 is 1.48 bits per heavy atom. The van der Waals surface area contributed by atoms with Gasteiger partial charge in [0.1, 0.15) is 11.9 Å². The van der Waals surface area contributed by atoms with Gasteiger partial charge in [-0.25, -0.2) is 0 Å². The number of carbonyl (C=O) groups excluding carboxylic acids is 1. The van der Waals surface area contributed by atoms with Gasteiger partial charge < -0.3 is 20.9 Å². The van der Waals surface area contributed by atoms with Crippen LogP contribution in [0, 0.1) is 0 Å². The number of ether oxygens (including phenoxy) is 2. The maximum absolute atomic E-state index is 11.8. The largest absolute Gasteiger partial charge is 0.487 e. The summed E-state index contributed by atoms with van der Waals surface area (Å²) in [5.41, 5.74) is 13.3. The van der Waals surface area contributed by atoms with Gasteiger partial charge >= 0.3 is 0 Å². The number of rotatable bonds is 6. The van der Waals surface area contributed by atoms with Gasteiger partial charge in [0.15, 0.2) is 0 Å². The van der Waals surface area contributed by atoms with Crippen LogP contribution in [0.3, 0.4) is 0 Å². The van der Waals surface area contributed by atoms with E-state index in [1.807, 2.05) is 0 Å². The molecule has 2 aliphatic rings. The SMILES string of the molecule is COCCCN1CCCCC1C1Cc2c(N)c(Cl)cc(C(N)=O)c2O1. The quantitative estimate of drug-likeness (QED) is 0.594. The van der Waals surface area contributed by atoms with Crippen molar-refractivity contribution in [1.82, 2.24) is 4.90 Å². The van der Waals surface area contributed by atoms with Crippen molar-refractivity contribution in [3.63, 3.8) is 0 Å². The van der Waals surface area contributed by atoms with Gasteiger partial charge in [0, 0.05) is 38.3 Å². The van der Waals surface area contributed by atoms with Crippen LogP contribution in [0.25, 0.3) is 0 Å². The van der Waals surface area contributed by atoms with Crippen LogP contribution in [0.4, 0.5) is 5.69 Å². The Labute approximate surface area is 153 Å². The standard InChI is InChI=1S/C18H26ClN3O3/c1-24-8-4-7-22-6-3-2-5-14(22)15-10-11-16(20)13(19)9-12(18(21)23)17(11)25-15/h9,14-15H,2-8,10,20H2,1H3,(H2,21,23). The minimum atomic E-state index is -0.542. The summed E-state index contributed by atoms with van der Waals surface area (Å²) in [7, 11) is 1.72. The lowest BCUT2D eigenvalue weighted by Crippen LogP contribution is -2.49. The second-order valence-corrected chi connectivity index (χ2v) is 7.20. The number of fused-ring (bicyclic) bond motifs is 1. The highest BCUT2D eigenvalue weighted by Gasteiger charge is 2.38. The monoisotopic (exact) mass is 367 g/mol. The van der Waals surface area contributed by atoms with E-state index in [1.165, 1.54) is 18.9 Å². The van der Waals surface area contributed by atoms with E-state index >= 15 is 0 Å². The van der Waals surface area contributed by atoms with Crippen LogP contribution in [0.1, 0.15) is 41.6 Å². The molecule has 2 atom stereocenters. The highest BCUT2D eigenvalue weighted by atomic mass is 35.5. The van der Waals surface area contributed by atoms with Crippen LogP contribution in [-0.4, -0.2) is 49.8 Å². The Hall–Kier alpha value is -1.50. The zero-order valence-electron chi connectivity index (χ0n) is 14.6. The molecule has 0 aromatic heterocycles. The summed E-state index contributed by atoms with van der Waals surface area (Å²) >= 11 is 6.18. The van der Waals surface area contributed by atoms with Crippen molar-refractivity contribution in [2.75, 3.05) is 32.5 Å². The number of hydrogen-bond donors (Lipinski definition) is 2. The minimum absolute atomic E-state index is 0.0308. The molecule has 0 saturated carbocycles. The molecule has 0 spiro atoms. The van der Waals surface area contributed by atoms with Crippen LogP contribution < -0.4 is 16.2 Å². The highest BCUT2D eigenvalue weighted by Crippen LogP contribution is 2.42. The number of anilines is 1. The molecule has 0 bridgehead atoms. The summed E-state index contributed by atoms with van der Waals surface area (Å²) in [5, 5.41) is 0.359. The molecule has 1 saturated heterocycles. The van der Waals surface area contributed by atoms with Crippen molar-refractivity contribution in [2.45, 2.75) is 44.2 Å². The molecule has 2 heterocycles. The summed E-state index contributed by atoms with van der Waals surface area (Å²) in [4.78, 5) is 14.2. The Morgan fingerprint density at radius 2 is 2.28 bits per heavy atom. The van der Waals surface area contributed by atoms with Gasteiger partial charge in [-0.15, -0.1) is 0 Å². The number of amides is 1. The van der Waals surface area contributed by atoms with E-state index in [9.17, 15) is 4.79 Å². The Kier molecular flexibility index (Phi) is 5.71. The van der Waals surface area contributed by atoms with Crippen LogP contribution in [0.5, 0.6) is 5.75 Å². The fourth-order valence-electron chi connectivity index (χ4n) is 3.96.